The Morgan fingerprint density at radius 3 is 2.53 bits per heavy atom. The first-order chi connectivity index (χ1) is 7.06. The molecule has 0 bridgehead atoms. The number of nitrogens with two attached hydrogens (primary N) is 1. The Labute approximate surface area is 97.4 Å². The molecule has 0 heterocycles. The Morgan fingerprint density at radius 2 is 2.00 bits per heavy atom. The van der Waals surface area contributed by atoms with Crippen molar-refractivity contribution in [2.24, 2.45) is 5.73 Å². The molecule has 0 spiro atoms. The van der Waals surface area contributed by atoms with E-state index in [9.17, 15) is 0 Å². The van der Waals surface area contributed by atoms with Crippen LogP contribution in [0.2, 0.25) is 0 Å². The Balaban J connectivity index is 2.99. The molecule has 0 fully saturated rings. The maximum absolute atomic E-state index is 6.15. The van der Waals surface area contributed by atoms with Crippen molar-refractivity contribution in [3.8, 4) is 0 Å². The molecule has 2 N–H and O–H groups in total. The summed E-state index contributed by atoms with van der Waals surface area (Å²) in [5.41, 5.74) is 10.1. The fourth-order valence-corrected chi connectivity index (χ4v) is 2.23. The van der Waals surface area contributed by atoms with Crippen LogP contribution >= 0.6 is 11.8 Å². The molecule has 0 aliphatic carbocycles. The van der Waals surface area contributed by atoms with Gasteiger partial charge in [-0.3, -0.25) is 0 Å². The smallest absolute Gasteiger partial charge is 0.0389 e. The van der Waals surface area contributed by atoms with Crippen molar-refractivity contribution in [2.45, 2.75) is 32.7 Å². The summed E-state index contributed by atoms with van der Waals surface area (Å²) in [7, 11) is 0. The van der Waals surface area contributed by atoms with Crippen molar-refractivity contribution in [1.29, 1.82) is 0 Å². The molecular weight excluding hydrogens is 202 g/mol. The summed E-state index contributed by atoms with van der Waals surface area (Å²) in [5, 5.41) is 0. The molecule has 84 valence electrons. The van der Waals surface area contributed by atoms with Crippen molar-refractivity contribution in [1.82, 2.24) is 0 Å². The van der Waals surface area contributed by atoms with Crippen LogP contribution in [-0.4, -0.2) is 12.0 Å². The van der Waals surface area contributed by atoms with Crippen LogP contribution in [0, 0.1) is 6.92 Å². The van der Waals surface area contributed by atoms with E-state index >= 15 is 0 Å². The molecule has 0 aliphatic heterocycles. The Kier molecular flexibility index (Phi) is 4.68. The molecule has 1 aromatic carbocycles. The van der Waals surface area contributed by atoms with Crippen LogP contribution in [0.3, 0.4) is 0 Å². The average molecular weight is 223 g/mol. The van der Waals surface area contributed by atoms with E-state index < -0.39 is 0 Å². The van der Waals surface area contributed by atoms with Gasteiger partial charge in [0.2, 0.25) is 0 Å². The molecule has 1 unspecified atom stereocenters. The molecule has 0 saturated heterocycles. The molecular formula is C13H21NS. The van der Waals surface area contributed by atoms with Gasteiger partial charge < -0.3 is 5.73 Å². The lowest BCUT2D eigenvalue weighted by Gasteiger charge is -2.16. The summed E-state index contributed by atoms with van der Waals surface area (Å²) < 4.78 is 0. The largest absolute Gasteiger partial charge is 0.323 e. The molecule has 1 rings (SSSR count). The quantitative estimate of drug-likeness (QED) is 0.845. The minimum Gasteiger partial charge on any atom is -0.323 e. The molecule has 2 heteroatoms. The number of hydrogen-bond donors (Lipinski definition) is 1. The number of thioether (sulfide) groups is 1. The van der Waals surface area contributed by atoms with Crippen LogP contribution in [0.5, 0.6) is 0 Å². The lowest BCUT2D eigenvalue weighted by atomic mass is 9.95. The third-order valence-corrected chi connectivity index (χ3v) is 3.41. The van der Waals surface area contributed by atoms with Gasteiger partial charge in [-0.05, 0) is 35.8 Å². The van der Waals surface area contributed by atoms with E-state index in [4.69, 9.17) is 5.73 Å². The number of benzene rings is 1. The number of aryl methyl sites for hydroxylation is 1. The first-order valence-corrected chi connectivity index (χ1v) is 6.80. The molecule has 1 atom stereocenters. The van der Waals surface area contributed by atoms with Gasteiger partial charge in [0.25, 0.3) is 0 Å². The van der Waals surface area contributed by atoms with Gasteiger partial charge in [-0.25, -0.2) is 0 Å². The highest BCUT2D eigenvalue weighted by Gasteiger charge is 2.10. The fraction of sp³-hybridized carbons (Fsp3) is 0.538. The van der Waals surface area contributed by atoms with Crippen LogP contribution in [0.4, 0.5) is 0 Å². The zero-order valence-electron chi connectivity index (χ0n) is 10.1. The standard InChI is InChI=1S/C13H21NS/c1-9(2)11-6-5-10(3)12(7-11)13(14)8-15-4/h5-7,9,13H,8,14H2,1-4H3. The van der Waals surface area contributed by atoms with Crippen LogP contribution in [0.15, 0.2) is 18.2 Å². The second kappa shape index (κ2) is 5.57. The summed E-state index contributed by atoms with van der Waals surface area (Å²) in [4.78, 5) is 0. The Morgan fingerprint density at radius 1 is 1.33 bits per heavy atom. The highest BCUT2D eigenvalue weighted by molar-refractivity contribution is 7.98. The van der Waals surface area contributed by atoms with Gasteiger partial charge in [0.1, 0.15) is 0 Å². The summed E-state index contributed by atoms with van der Waals surface area (Å²) in [5.74, 6) is 1.56. The van der Waals surface area contributed by atoms with E-state index in [0.717, 1.165) is 5.75 Å². The molecule has 0 aliphatic rings. The van der Waals surface area contributed by atoms with E-state index in [1.165, 1.54) is 16.7 Å². The second-order valence-corrected chi connectivity index (χ2v) is 5.24. The third kappa shape index (κ3) is 3.25. The van der Waals surface area contributed by atoms with Crippen molar-refractivity contribution in [2.75, 3.05) is 12.0 Å². The summed E-state index contributed by atoms with van der Waals surface area (Å²) >= 11 is 1.80. The van der Waals surface area contributed by atoms with Gasteiger partial charge in [0.05, 0.1) is 0 Å². The fourth-order valence-electron chi connectivity index (χ4n) is 1.69. The molecule has 1 nitrogen and oxygen atoms in total. The first kappa shape index (κ1) is 12.6. The monoisotopic (exact) mass is 223 g/mol. The van der Waals surface area contributed by atoms with E-state index in [1.807, 2.05) is 0 Å². The zero-order chi connectivity index (χ0) is 11.4. The minimum atomic E-state index is 0.165. The zero-order valence-corrected chi connectivity index (χ0v) is 10.9. The molecule has 0 radical (unpaired) electrons. The highest BCUT2D eigenvalue weighted by atomic mass is 32.2. The van der Waals surface area contributed by atoms with Crippen molar-refractivity contribution < 1.29 is 0 Å². The minimum absolute atomic E-state index is 0.165. The van der Waals surface area contributed by atoms with E-state index in [-0.39, 0.29) is 6.04 Å². The van der Waals surface area contributed by atoms with Crippen molar-refractivity contribution in [3.05, 3.63) is 34.9 Å². The highest BCUT2D eigenvalue weighted by Crippen LogP contribution is 2.23. The van der Waals surface area contributed by atoms with E-state index in [2.05, 4.69) is 45.2 Å². The Hall–Kier alpha value is -0.470. The molecule has 0 saturated carbocycles. The number of hydrogen-bond acceptors (Lipinski definition) is 2. The average Bonchev–Trinajstić information content (AvgIpc) is 2.18. The van der Waals surface area contributed by atoms with Crippen LogP contribution in [-0.2, 0) is 0 Å². The maximum Gasteiger partial charge on any atom is 0.0389 e. The lowest BCUT2D eigenvalue weighted by Crippen LogP contribution is -2.14. The predicted octanol–water partition coefficient (Wildman–Crippen LogP) is 3.48. The van der Waals surface area contributed by atoms with E-state index in [1.54, 1.807) is 11.8 Å². The summed E-state index contributed by atoms with van der Waals surface area (Å²) in [6.45, 7) is 6.57. The van der Waals surface area contributed by atoms with Gasteiger partial charge in [-0.2, -0.15) is 11.8 Å². The summed E-state index contributed by atoms with van der Waals surface area (Å²) in [6, 6.07) is 6.82. The van der Waals surface area contributed by atoms with Crippen LogP contribution in [0.1, 0.15) is 42.5 Å². The van der Waals surface area contributed by atoms with E-state index in [0.29, 0.717) is 5.92 Å². The topological polar surface area (TPSA) is 26.0 Å². The maximum atomic E-state index is 6.15. The second-order valence-electron chi connectivity index (χ2n) is 4.33. The molecule has 0 aromatic heterocycles. The molecule has 0 amide bonds. The van der Waals surface area contributed by atoms with Crippen LogP contribution < -0.4 is 5.73 Å². The molecule has 1 aromatic rings. The number of rotatable bonds is 4. The van der Waals surface area contributed by atoms with Gasteiger partial charge in [0, 0.05) is 11.8 Å². The van der Waals surface area contributed by atoms with Gasteiger partial charge >= 0.3 is 0 Å². The van der Waals surface area contributed by atoms with Gasteiger partial charge in [0.15, 0.2) is 0 Å². The predicted molar refractivity (Wildman–Crippen MR) is 70.6 cm³/mol. The lowest BCUT2D eigenvalue weighted by molar-refractivity contribution is 0.806. The Bertz CT molecular complexity index is 320. The van der Waals surface area contributed by atoms with Gasteiger partial charge in [-0.1, -0.05) is 32.0 Å². The molecule has 15 heavy (non-hydrogen) atoms. The van der Waals surface area contributed by atoms with Crippen LogP contribution in [0.25, 0.3) is 0 Å². The third-order valence-electron chi connectivity index (χ3n) is 2.72. The summed E-state index contributed by atoms with van der Waals surface area (Å²) in [6.07, 6.45) is 2.10. The van der Waals surface area contributed by atoms with Gasteiger partial charge in [-0.15, -0.1) is 0 Å². The SMILES string of the molecule is CSCC(N)c1cc(C(C)C)ccc1C. The van der Waals surface area contributed by atoms with Crippen molar-refractivity contribution >= 4 is 11.8 Å². The normalized spacial score (nSPS) is 13.2. The van der Waals surface area contributed by atoms with Crippen molar-refractivity contribution in [3.63, 3.8) is 0 Å². The first-order valence-electron chi connectivity index (χ1n) is 5.41.